The number of hydrogen-bond acceptors (Lipinski definition) is 2. The summed E-state index contributed by atoms with van der Waals surface area (Å²) in [6.45, 7) is 8.74. The Kier molecular flexibility index (Phi) is 5.39. The van der Waals surface area contributed by atoms with Crippen molar-refractivity contribution in [3.8, 4) is 5.75 Å². The molecule has 25 heavy (non-hydrogen) atoms. The highest BCUT2D eigenvalue weighted by Gasteiger charge is 2.24. The van der Waals surface area contributed by atoms with Crippen molar-refractivity contribution in [2.45, 2.75) is 20.4 Å². The molecule has 2 aromatic rings. The maximum atomic E-state index is 12.7. The summed E-state index contributed by atoms with van der Waals surface area (Å²) < 4.78 is 5.21. The molecule has 0 atom stereocenters. The number of piperazine rings is 1. The first kappa shape index (κ1) is 17.5. The van der Waals surface area contributed by atoms with Crippen molar-refractivity contribution in [1.82, 2.24) is 4.90 Å². The van der Waals surface area contributed by atoms with Gasteiger partial charge < -0.3 is 14.5 Å². The number of aryl methyl sites for hydroxylation is 2. The number of nitrogens with one attached hydrogen (secondary N) is 1. The Morgan fingerprint density at radius 1 is 1.04 bits per heavy atom. The Morgan fingerprint density at radius 2 is 1.72 bits per heavy atom. The Morgan fingerprint density at radius 3 is 2.32 bits per heavy atom. The predicted octanol–water partition coefficient (Wildman–Crippen LogP) is 1.85. The van der Waals surface area contributed by atoms with Gasteiger partial charge in [0.2, 0.25) is 0 Å². The van der Waals surface area contributed by atoms with Crippen LogP contribution in [0.25, 0.3) is 0 Å². The average Bonchev–Trinajstić information content (AvgIpc) is 2.65. The van der Waals surface area contributed by atoms with Gasteiger partial charge in [-0.05, 0) is 61.4 Å². The lowest BCUT2D eigenvalue weighted by molar-refractivity contribution is -0.917. The van der Waals surface area contributed by atoms with Crippen LogP contribution in [-0.2, 0) is 6.54 Å². The van der Waals surface area contributed by atoms with Gasteiger partial charge in [-0.1, -0.05) is 6.07 Å². The highest BCUT2D eigenvalue weighted by Crippen LogP contribution is 2.13. The summed E-state index contributed by atoms with van der Waals surface area (Å²) in [5.74, 6) is 1.05. The summed E-state index contributed by atoms with van der Waals surface area (Å²) in [6.07, 6.45) is 0. The van der Waals surface area contributed by atoms with Crippen molar-refractivity contribution in [1.29, 1.82) is 0 Å². The zero-order valence-electron chi connectivity index (χ0n) is 15.3. The number of carbonyl (C=O) groups excluding carboxylic acids is 1. The van der Waals surface area contributed by atoms with E-state index in [1.54, 1.807) is 7.11 Å². The molecule has 0 bridgehead atoms. The summed E-state index contributed by atoms with van der Waals surface area (Å²) >= 11 is 0. The van der Waals surface area contributed by atoms with Crippen molar-refractivity contribution < 1.29 is 14.4 Å². The number of carbonyl (C=O) groups is 1. The summed E-state index contributed by atoms with van der Waals surface area (Å²) in [5, 5.41) is 0. The number of amides is 1. The number of ether oxygens (including phenoxy) is 1. The second-order valence-corrected chi connectivity index (χ2v) is 6.87. The second kappa shape index (κ2) is 7.70. The predicted molar refractivity (Wildman–Crippen MR) is 99.2 cm³/mol. The fourth-order valence-corrected chi connectivity index (χ4v) is 3.29. The molecule has 1 aliphatic heterocycles. The molecule has 0 saturated carbocycles. The van der Waals surface area contributed by atoms with E-state index in [0.717, 1.165) is 44.0 Å². The minimum Gasteiger partial charge on any atom is -0.497 e. The average molecular weight is 339 g/mol. The summed E-state index contributed by atoms with van der Waals surface area (Å²) in [4.78, 5) is 16.2. The number of quaternary nitrogens is 1. The Balaban J connectivity index is 1.55. The van der Waals surface area contributed by atoms with E-state index in [1.807, 2.05) is 35.2 Å². The van der Waals surface area contributed by atoms with Crippen LogP contribution in [-0.4, -0.2) is 44.1 Å². The zero-order valence-corrected chi connectivity index (χ0v) is 15.3. The highest BCUT2D eigenvalue weighted by atomic mass is 16.5. The van der Waals surface area contributed by atoms with Crippen molar-refractivity contribution in [3.63, 3.8) is 0 Å². The molecule has 0 aliphatic carbocycles. The van der Waals surface area contributed by atoms with E-state index in [0.29, 0.717) is 0 Å². The molecule has 1 heterocycles. The first-order chi connectivity index (χ1) is 12.1. The molecule has 132 valence electrons. The molecule has 0 unspecified atom stereocenters. The molecule has 2 aromatic carbocycles. The van der Waals surface area contributed by atoms with Crippen LogP contribution < -0.4 is 9.64 Å². The van der Waals surface area contributed by atoms with Gasteiger partial charge in [-0.2, -0.15) is 0 Å². The first-order valence-corrected chi connectivity index (χ1v) is 8.90. The standard InChI is InChI=1S/C21H26N2O2/c1-16-4-7-19(14-17(16)2)21(24)23-12-10-22(11-13-23)15-18-5-8-20(25-3)9-6-18/h4-9,14H,10-13,15H2,1-3H3/p+1. The molecule has 1 saturated heterocycles. The third kappa shape index (κ3) is 4.20. The Bertz CT molecular complexity index is 732. The number of nitrogens with zero attached hydrogens (tertiary/aromatic N) is 1. The van der Waals surface area contributed by atoms with E-state index < -0.39 is 0 Å². The molecule has 1 aliphatic rings. The van der Waals surface area contributed by atoms with Crippen LogP contribution in [0.3, 0.4) is 0 Å². The van der Waals surface area contributed by atoms with Crippen molar-refractivity contribution in [2.24, 2.45) is 0 Å². The van der Waals surface area contributed by atoms with Gasteiger partial charge in [0.25, 0.3) is 5.91 Å². The molecular weight excluding hydrogens is 312 g/mol. The molecule has 1 amide bonds. The van der Waals surface area contributed by atoms with Gasteiger partial charge in [0.05, 0.1) is 33.3 Å². The third-order valence-corrected chi connectivity index (χ3v) is 5.12. The van der Waals surface area contributed by atoms with E-state index in [9.17, 15) is 4.79 Å². The first-order valence-electron chi connectivity index (χ1n) is 8.90. The minimum atomic E-state index is 0.159. The summed E-state index contributed by atoms with van der Waals surface area (Å²) in [6, 6.07) is 14.3. The van der Waals surface area contributed by atoms with E-state index in [4.69, 9.17) is 4.74 Å². The van der Waals surface area contributed by atoms with E-state index >= 15 is 0 Å². The zero-order chi connectivity index (χ0) is 17.8. The molecule has 4 nitrogen and oxygen atoms in total. The number of rotatable bonds is 4. The monoisotopic (exact) mass is 339 g/mol. The van der Waals surface area contributed by atoms with Gasteiger partial charge in [0.1, 0.15) is 12.3 Å². The quantitative estimate of drug-likeness (QED) is 0.922. The van der Waals surface area contributed by atoms with Gasteiger partial charge in [0, 0.05) is 11.1 Å². The smallest absolute Gasteiger partial charge is 0.254 e. The molecule has 4 heteroatoms. The van der Waals surface area contributed by atoms with Crippen LogP contribution in [0.4, 0.5) is 0 Å². The molecule has 3 rings (SSSR count). The molecule has 0 radical (unpaired) electrons. The molecule has 0 spiro atoms. The van der Waals surface area contributed by atoms with E-state index in [1.165, 1.54) is 21.6 Å². The van der Waals surface area contributed by atoms with Crippen LogP contribution in [0.1, 0.15) is 27.0 Å². The van der Waals surface area contributed by atoms with Gasteiger partial charge in [-0.15, -0.1) is 0 Å². The third-order valence-electron chi connectivity index (χ3n) is 5.12. The SMILES string of the molecule is COc1ccc(C[NH+]2CCN(C(=O)c3ccc(C)c(C)c3)CC2)cc1. The van der Waals surface area contributed by atoms with Crippen LogP contribution >= 0.6 is 0 Å². The van der Waals surface area contributed by atoms with Crippen molar-refractivity contribution >= 4 is 5.91 Å². The Labute approximate surface area is 150 Å². The van der Waals surface area contributed by atoms with Gasteiger partial charge >= 0.3 is 0 Å². The van der Waals surface area contributed by atoms with Gasteiger partial charge in [-0.25, -0.2) is 0 Å². The lowest BCUT2D eigenvalue weighted by Crippen LogP contribution is -3.13. The van der Waals surface area contributed by atoms with Crippen LogP contribution in [0.5, 0.6) is 5.75 Å². The van der Waals surface area contributed by atoms with Crippen LogP contribution in [0, 0.1) is 13.8 Å². The van der Waals surface area contributed by atoms with Crippen molar-refractivity contribution in [2.75, 3.05) is 33.3 Å². The van der Waals surface area contributed by atoms with E-state index in [-0.39, 0.29) is 5.91 Å². The molecular formula is C21H27N2O2+. The number of methoxy groups -OCH3 is 1. The minimum absolute atomic E-state index is 0.159. The maximum absolute atomic E-state index is 12.7. The van der Waals surface area contributed by atoms with Crippen molar-refractivity contribution in [3.05, 3.63) is 64.7 Å². The molecule has 0 aromatic heterocycles. The second-order valence-electron chi connectivity index (χ2n) is 6.87. The number of hydrogen-bond donors (Lipinski definition) is 1. The number of benzene rings is 2. The largest absolute Gasteiger partial charge is 0.497 e. The lowest BCUT2D eigenvalue weighted by atomic mass is 10.1. The normalized spacial score (nSPS) is 15.2. The lowest BCUT2D eigenvalue weighted by Gasteiger charge is -2.32. The molecule has 1 N–H and O–H groups in total. The summed E-state index contributed by atoms with van der Waals surface area (Å²) in [5.41, 5.74) is 4.52. The van der Waals surface area contributed by atoms with Crippen LogP contribution in [0.2, 0.25) is 0 Å². The molecule has 1 fully saturated rings. The van der Waals surface area contributed by atoms with Gasteiger partial charge in [-0.3, -0.25) is 4.79 Å². The maximum Gasteiger partial charge on any atom is 0.254 e. The fraction of sp³-hybridized carbons (Fsp3) is 0.381. The Hall–Kier alpha value is -2.33. The van der Waals surface area contributed by atoms with Gasteiger partial charge in [0.15, 0.2) is 0 Å². The topological polar surface area (TPSA) is 34.0 Å². The highest BCUT2D eigenvalue weighted by molar-refractivity contribution is 5.94. The summed E-state index contributed by atoms with van der Waals surface area (Å²) in [7, 11) is 1.69. The van der Waals surface area contributed by atoms with Crippen LogP contribution in [0.15, 0.2) is 42.5 Å². The fourth-order valence-electron chi connectivity index (χ4n) is 3.29. The van der Waals surface area contributed by atoms with E-state index in [2.05, 4.69) is 26.0 Å².